The second-order valence-corrected chi connectivity index (χ2v) is 11.1. The van der Waals surface area contributed by atoms with Crippen LogP contribution in [-0.2, 0) is 32.5 Å². The summed E-state index contributed by atoms with van der Waals surface area (Å²) in [6.07, 6.45) is -8.54. The van der Waals surface area contributed by atoms with E-state index in [0.29, 0.717) is 6.07 Å². The number of alkyl halides is 6. The van der Waals surface area contributed by atoms with E-state index in [1.54, 1.807) is 0 Å². The van der Waals surface area contributed by atoms with E-state index in [9.17, 15) is 26.3 Å². The Balaban J connectivity index is 0.000000270. The fourth-order valence-corrected chi connectivity index (χ4v) is 6.50. The maximum Gasteiger partial charge on any atom is 0.381 e. The monoisotopic (exact) mass is 804 g/mol. The number of benzene rings is 4. The zero-order chi connectivity index (χ0) is 30.6. The summed E-state index contributed by atoms with van der Waals surface area (Å²) in [5.41, 5.74) is -3.41. The van der Waals surface area contributed by atoms with Crippen LogP contribution in [0.15, 0.2) is 128 Å². The van der Waals surface area contributed by atoms with Gasteiger partial charge < -0.3 is 10.4 Å². The fourth-order valence-electron chi connectivity index (χ4n) is 3.92. The van der Waals surface area contributed by atoms with E-state index >= 15 is 0 Å². The molecule has 2 nitrogen and oxygen atoms in total. The molecule has 0 aliphatic heterocycles. The van der Waals surface area contributed by atoms with Crippen molar-refractivity contribution in [1.29, 1.82) is 0 Å². The van der Waals surface area contributed by atoms with Gasteiger partial charge in [0.25, 0.3) is 0 Å². The first kappa shape index (κ1) is 35.7. The Labute approximate surface area is 265 Å². The van der Waals surface area contributed by atoms with Crippen LogP contribution in [0.5, 0.6) is 0 Å². The minimum atomic E-state index is -4.93. The number of aromatic nitrogens is 1. The van der Waals surface area contributed by atoms with Gasteiger partial charge >= 0.3 is 12.4 Å². The van der Waals surface area contributed by atoms with E-state index in [1.807, 2.05) is 6.07 Å². The van der Waals surface area contributed by atoms with Crippen LogP contribution in [0.3, 0.4) is 0 Å². The van der Waals surface area contributed by atoms with Gasteiger partial charge in [-0.05, 0) is 59.3 Å². The molecule has 11 heteroatoms. The van der Waals surface area contributed by atoms with Crippen LogP contribution in [-0.4, -0.2) is 10.1 Å². The molecule has 0 fully saturated rings. The first-order valence-corrected chi connectivity index (χ1v) is 14.1. The molecule has 1 heterocycles. The molecule has 1 aromatic heterocycles. The molecule has 0 aliphatic rings. The van der Waals surface area contributed by atoms with Gasteiger partial charge in [0.2, 0.25) is 0 Å². The van der Waals surface area contributed by atoms with Gasteiger partial charge in [0.05, 0.1) is 7.92 Å². The van der Waals surface area contributed by atoms with E-state index in [2.05, 4.69) is 108 Å². The SMILES string of the molecule is FC(F)(F)c1c[c-]c(-c2ccccn2)c(C(F)(F)F)c1.[Ir].[N-]=C=S.c1ccc([PH+](c2ccccc2)c2ccccc2)cc1. The van der Waals surface area contributed by atoms with Gasteiger partial charge in [-0.15, -0.1) is 23.8 Å². The molecule has 5 aromatic rings. The van der Waals surface area contributed by atoms with Crippen molar-refractivity contribution < 1.29 is 46.4 Å². The molecule has 0 unspecified atom stereocenters. The Morgan fingerprint density at radius 1 is 0.674 bits per heavy atom. The predicted molar refractivity (Wildman–Crippen MR) is 161 cm³/mol. The number of isothiocyanates is 1. The van der Waals surface area contributed by atoms with E-state index in [-0.39, 0.29) is 31.9 Å². The molecule has 223 valence electrons. The molecular weight excluding hydrogens is 782 g/mol. The van der Waals surface area contributed by atoms with Gasteiger partial charge in [-0.1, -0.05) is 78.9 Å². The number of hydrogen-bond acceptors (Lipinski definition) is 2. The Morgan fingerprint density at radius 3 is 1.44 bits per heavy atom. The van der Waals surface area contributed by atoms with Gasteiger partial charge in [0.1, 0.15) is 15.9 Å². The summed E-state index contributed by atoms with van der Waals surface area (Å²) in [5.74, 6) is 0. The van der Waals surface area contributed by atoms with Crippen molar-refractivity contribution in [2.45, 2.75) is 12.4 Å². The van der Waals surface area contributed by atoms with Gasteiger partial charge in [0, 0.05) is 26.3 Å². The standard InChI is InChI=1S/C18H15P.C13H6F6N.CNS.Ir/c1-4-10-16(11-5-1)19(17-12-6-2-7-13-17)18-14-8-3-9-15-18;14-12(15,16)8-4-5-9(10(7-8)13(17,18)19)11-3-1-2-6-20-11;2-1-3;/h1-15H;1-4,6-7H;;/q;2*-1;/p+1. The largest absolute Gasteiger partial charge is 0.753 e. The number of rotatable bonds is 4. The van der Waals surface area contributed by atoms with Crippen LogP contribution in [0, 0.1) is 6.07 Å². The average Bonchev–Trinajstić information content (AvgIpc) is 2.99. The molecule has 43 heavy (non-hydrogen) atoms. The molecular formula is C32H22F6IrN2PS-. The first-order chi connectivity index (χ1) is 20.1. The topological polar surface area (TPSA) is 35.2 Å². The third kappa shape index (κ3) is 10.6. The van der Waals surface area contributed by atoms with Crippen LogP contribution in [0.25, 0.3) is 16.7 Å². The quantitative estimate of drug-likeness (QED) is 0.0602. The van der Waals surface area contributed by atoms with E-state index in [1.165, 1.54) is 45.5 Å². The minimum Gasteiger partial charge on any atom is -0.753 e. The third-order valence-corrected chi connectivity index (χ3v) is 8.41. The Bertz CT molecular complexity index is 1470. The van der Waals surface area contributed by atoms with Crippen LogP contribution in [0.1, 0.15) is 11.1 Å². The molecule has 0 amide bonds. The van der Waals surface area contributed by atoms with Crippen LogP contribution in [0.2, 0.25) is 0 Å². The van der Waals surface area contributed by atoms with Crippen LogP contribution < -0.4 is 15.9 Å². The second kappa shape index (κ2) is 17.0. The Hall–Kier alpha value is -3.51. The summed E-state index contributed by atoms with van der Waals surface area (Å²) in [5, 5.41) is 12.8. The van der Waals surface area contributed by atoms with Gasteiger partial charge in [0.15, 0.2) is 0 Å². The summed E-state index contributed by atoms with van der Waals surface area (Å²) in [4.78, 5) is 3.70. The average molecular weight is 804 g/mol. The van der Waals surface area contributed by atoms with Crippen LogP contribution in [0.4, 0.5) is 26.3 Å². The maximum absolute atomic E-state index is 12.9. The van der Waals surface area contributed by atoms with Crippen molar-refractivity contribution >= 4 is 41.2 Å². The molecule has 0 saturated heterocycles. The second-order valence-electron chi connectivity index (χ2n) is 8.45. The minimum absolute atomic E-state index is 0. The molecule has 4 aromatic carbocycles. The zero-order valence-corrected chi connectivity index (χ0v) is 26.2. The van der Waals surface area contributed by atoms with Crippen molar-refractivity contribution in [1.82, 2.24) is 4.98 Å². The number of halogens is 6. The summed E-state index contributed by atoms with van der Waals surface area (Å²) >= 11 is 3.70. The Morgan fingerprint density at radius 2 is 1.09 bits per heavy atom. The molecule has 0 N–H and O–H groups in total. The normalized spacial score (nSPS) is 10.7. The summed E-state index contributed by atoms with van der Waals surface area (Å²) in [6.45, 7) is 0. The number of nitrogens with zero attached hydrogens (tertiary/aromatic N) is 2. The van der Waals surface area contributed by atoms with Crippen molar-refractivity contribution in [3.8, 4) is 11.3 Å². The van der Waals surface area contributed by atoms with Crippen molar-refractivity contribution in [2.24, 2.45) is 0 Å². The van der Waals surface area contributed by atoms with Crippen molar-refractivity contribution in [2.75, 3.05) is 0 Å². The number of hydrogen-bond donors (Lipinski definition) is 0. The smallest absolute Gasteiger partial charge is 0.381 e. The third-order valence-electron chi connectivity index (χ3n) is 5.68. The van der Waals surface area contributed by atoms with Gasteiger partial charge in [-0.3, -0.25) is 0 Å². The molecule has 0 atom stereocenters. The van der Waals surface area contributed by atoms with Crippen molar-refractivity contribution in [3.05, 3.63) is 150 Å². The number of thiocarbonyl (C=S) groups is 1. The molecule has 5 rings (SSSR count). The molecule has 1 radical (unpaired) electrons. The molecule has 0 bridgehead atoms. The van der Waals surface area contributed by atoms with E-state index in [0.717, 1.165) is 0 Å². The predicted octanol–water partition coefficient (Wildman–Crippen LogP) is 8.42. The summed E-state index contributed by atoms with van der Waals surface area (Å²) < 4.78 is 76.1. The number of pyridine rings is 1. The molecule has 0 saturated carbocycles. The summed E-state index contributed by atoms with van der Waals surface area (Å²) in [7, 11) is -0.877. The van der Waals surface area contributed by atoms with Gasteiger partial charge in [-0.25, -0.2) is 0 Å². The summed E-state index contributed by atoms with van der Waals surface area (Å²) in [6, 6.07) is 39.3. The fraction of sp³-hybridized carbons (Fsp3) is 0.0625. The van der Waals surface area contributed by atoms with E-state index in [4.69, 9.17) is 5.41 Å². The van der Waals surface area contributed by atoms with E-state index < -0.39 is 37.0 Å². The molecule has 0 aliphatic carbocycles. The van der Waals surface area contributed by atoms with Crippen LogP contribution >= 0.6 is 20.1 Å². The van der Waals surface area contributed by atoms with Crippen molar-refractivity contribution in [3.63, 3.8) is 0 Å². The molecule has 0 spiro atoms. The van der Waals surface area contributed by atoms with Gasteiger partial charge in [-0.2, -0.15) is 31.5 Å². The first-order valence-electron chi connectivity index (χ1n) is 12.2. The Kier molecular flexibility index (Phi) is 14.1. The zero-order valence-electron chi connectivity index (χ0n) is 22.0. The maximum atomic E-state index is 12.9.